The van der Waals surface area contributed by atoms with Gasteiger partial charge in [0.2, 0.25) is 10.0 Å². The van der Waals surface area contributed by atoms with Gasteiger partial charge in [0.05, 0.1) is 16.9 Å². The Labute approximate surface area is 123 Å². The highest BCUT2D eigenvalue weighted by atomic mass is 32.2. The third kappa shape index (κ3) is 2.95. The van der Waals surface area contributed by atoms with Crippen molar-refractivity contribution in [3.63, 3.8) is 0 Å². The number of hydrogen-bond donors (Lipinski definition) is 1. The normalized spacial score (nSPS) is 24.5. The molecule has 0 bridgehead atoms. The van der Waals surface area contributed by atoms with Crippen molar-refractivity contribution in [2.24, 2.45) is 0 Å². The molecular formula is C14H19F2NO3S. The molecule has 21 heavy (non-hydrogen) atoms. The van der Waals surface area contributed by atoms with Crippen molar-refractivity contribution in [2.75, 3.05) is 6.54 Å². The maximum Gasteiger partial charge on any atom is 0.219 e. The van der Waals surface area contributed by atoms with E-state index in [2.05, 4.69) is 0 Å². The zero-order chi connectivity index (χ0) is 16.0. The van der Waals surface area contributed by atoms with E-state index in [1.54, 1.807) is 0 Å². The molecule has 0 radical (unpaired) electrons. The molecule has 1 saturated heterocycles. The van der Waals surface area contributed by atoms with Crippen molar-refractivity contribution < 1.29 is 22.3 Å². The van der Waals surface area contributed by atoms with Crippen LogP contribution in [0.15, 0.2) is 18.2 Å². The molecule has 1 aromatic rings. The second-order valence-electron chi connectivity index (χ2n) is 6.26. The summed E-state index contributed by atoms with van der Waals surface area (Å²) in [5.74, 6) is -1.31. The second kappa shape index (κ2) is 5.30. The quantitative estimate of drug-likeness (QED) is 0.909. The third-order valence-corrected chi connectivity index (χ3v) is 6.20. The summed E-state index contributed by atoms with van der Waals surface area (Å²) in [4.78, 5) is 0. The zero-order valence-corrected chi connectivity index (χ0v) is 13.0. The van der Waals surface area contributed by atoms with Gasteiger partial charge in [0.1, 0.15) is 11.6 Å². The lowest BCUT2D eigenvalue weighted by atomic mass is 10.0. The molecule has 118 valence electrons. The van der Waals surface area contributed by atoms with Gasteiger partial charge in [-0.25, -0.2) is 17.2 Å². The van der Waals surface area contributed by atoms with Gasteiger partial charge in [0, 0.05) is 12.1 Å². The van der Waals surface area contributed by atoms with Crippen LogP contribution in [0, 0.1) is 11.6 Å². The first-order chi connectivity index (χ1) is 9.54. The van der Waals surface area contributed by atoms with Crippen LogP contribution in [-0.2, 0) is 10.0 Å². The number of sulfonamides is 1. The lowest BCUT2D eigenvalue weighted by Gasteiger charge is -2.31. The SMILES string of the molecule is CC(C)(C)S(=O)(=O)N1C[C@H](O)CC1c1cc(F)ccc1F. The highest BCUT2D eigenvalue weighted by Crippen LogP contribution is 2.39. The molecule has 1 N–H and O–H groups in total. The molecular weight excluding hydrogens is 300 g/mol. The summed E-state index contributed by atoms with van der Waals surface area (Å²) in [6.45, 7) is 4.49. The smallest absolute Gasteiger partial charge is 0.219 e. The molecule has 2 rings (SSSR count). The van der Waals surface area contributed by atoms with Gasteiger partial charge in [-0.05, 0) is 45.4 Å². The Hall–Kier alpha value is -1.05. The van der Waals surface area contributed by atoms with Gasteiger partial charge in [-0.2, -0.15) is 4.31 Å². The molecule has 4 nitrogen and oxygen atoms in total. The topological polar surface area (TPSA) is 57.6 Å². The number of halogens is 2. The van der Waals surface area contributed by atoms with Gasteiger partial charge in [0.15, 0.2) is 0 Å². The summed E-state index contributed by atoms with van der Waals surface area (Å²) < 4.78 is 52.4. The van der Waals surface area contributed by atoms with Gasteiger partial charge in [-0.15, -0.1) is 0 Å². The molecule has 1 aliphatic rings. The molecule has 0 amide bonds. The van der Waals surface area contributed by atoms with Crippen molar-refractivity contribution in [1.82, 2.24) is 4.31 Å². The summed E-state index contributed by atoms with van der Waals surface area (Å²) in [7, 11) is -3.75. The van der Waals surface area contributed by atoms with E-state index in [0.717, 1.165) is 22.5 Å². The first-order valence-electron chi connectivity index (χ1n) is 6.68. The first kappa shape index (κ1) is 16.3. The van der Waals surface area contributed by atoms with Gasteiger partial charge < -0.3 is 5.11 Å². The number of aliphatic hydroxyl groups is 1. The standard InChI is InChI=1S/C14H19F2NO3S/c1-14(2,3)21(19,20)17-8-10(18)7-13(17)11-6-9(15)4-5-12(11)16/h4-6,10,13,18H,7-8H2,1-3H3/t10-,13?/m1/s1. The van der Waals surface area contributed by atoms with E-state index >= 15 is 0 Å². The molecule has 1 fully saturated rings. The maximum atomic E-state index is 13.9. The minimum absolute atomic E-state index is 0.0422. The molecule has 0 aliphatic carbocycles. The van der Waals surface area contributed by atoms with Crippen molar-refractivity contribution in [3.05, 3.63) is 35.4 Å². The Balaban J connectivity index is 2.50. The van der Waals surface area contributed by atoms with Crippen molar-refractivity contribution >= 4 is 10.0 Å². The van der Waals surface area contributed by atoms with E-state index in [1.165, 1.54) is 20.8 Å². The number of rotatable bonds is 2. The Bertz CT molecular complexity index is 640. The lowest BCUT2D eigenvalue weighted by molar-refractivity contribution is 0.188. The van der Waals surface area contributed by atoms with Crippen LogP contribution in [0.5, 0.6) is 0 Å². The largest absolute Gasteiger partial charge is 0.392 e. The molecule has 1 unspecified atom stereocenters. The molecule has 0 spiro atoms. The molecule has 0 aromatic heterocycles. The van der Waals surface area contributed by atoms with Gasteiger partial charge >= 0.3 is 0 Å². The van der Waals surface area contributed by atoms with Gasteiger partial charge in [0.25, 0.3) is 0 Å². The monoisotopic (exact) mass is 319 g/mol. The predicted molar refractivity (Wildman–Crippen MR) is 75.1 cm³/mol. The summed E-state index contributed by atoms with van der Waals surface area (Å²) in [6, 6.07) is 2.05. The second-order valence-corrected chi connectivity index (χ2v) is 8.90. The maximum absolute atomic E-state index is 13.9. The number of hydrogen-bond acceptors (Lipinski definition) is 3. The van der Waals surface area contributed by atoms with Gasteiger partial charge in [-0.3, -0.25) is 0 Å². The molecule has 1 aliphatic heterocycles. The van der Waals surface area contributed by atoms with Crippen LogP contribution in [0.25, 0.3) is 0 Å². The average Bonchev–Trinajstić information content (AvgIpc) is 2.73. The van der Waals surface area contributed by atoms with Gasteiger partial charge in [-0.1, -0.05) is 0 Å². The number of nitrogens with zero attached hydrogens (tertiary/aromatic N) is 1. The minimum Gasteiger partial charge on any atom is -0.392 e. The van der Waals surface area contributed by atoms with E-state index in [0.29, 0.717) is 0 Å². The number of benzene rings is 1. The molecule has 1 aromatic carbocycles. The van der Waals surface area contributed by atoms with E-state index in [-0.39, 0.29) is 18.5 Å². The molecule has 7 heteroatoms. The average molecular weight is 319 g/mol. The molecule has 2 atom stereocenters. The summed E-state index contributed by atoms with van der Waals surface area (Å²) in [5.41, 5.74) is -0.0422. The number of β-amino-alcohol motifs (C(OH)–C–C–N with tert-alkyl or cyclic N) is 1. The van der Waals surface area contributed by atoms with Crippen LogP contribution in [-0.4, -0.2) is 35.2 Å². The highest BCUT2D eigenvalue weighted by Gasteiger charge is 2.45. The highest BCUT2D eigenvalue weighted by molar-refractivity contribution is 7.90. The summed E-state index contributed by atoms with van der Waals surface area (Å²) >= 11 is 0. The number of aliphatic hydroxyl groups excluding tert-OH is 1. The minimum atomic E-state index is -3.75. The van der Waals surface area contributed by atoms with Crippen LogP contribution in [0.4, 0.5) is 8.78 Å². The van der Waals surface area contributed by atoms with Crippen LogP contribution in [0.3, 0.4) is 0 Å². The van der Waals surface area contributed by atoms with Crippen molar-refractivity contribution in [2.45, 2.75) is 44.1 Å². The van der Waals surface area contributed by atoms with E-state index < -0.39 is 38.6 Å². The fourth-order valence-electron chi connectivity index (χ4n) is 2.45. The summed E-state index contributed by atoms with van der Waals surface area (Å²) in [6.07, 6.45) is -0.842. The zero-order valence-electron chi connectivity index (χ0n) is 12.2. The molecule has 1 heterocycles. The molecule has 0 saturated carbocycles. The fourth-order valence-corrected chi connectivity index (χ4v) is 4.06. The van der Waals surface area contributed by atoms with Crippen LogP contribution in [0.2, 0.25) is 0 Å². The van der Waals surface area contributed by atoms with E-state index in [1.807, 2.05) is 0 Å². The van der Waals surface area contributed by atoms with Crippen LogP contribution >= 0.6 is 0 Å². The lowest BCUT2D eigenvalue weighted by Crippen LogP contribution is -2.43. The van der Waals surface area contributed by atoms with Crippen LogP contribution in [0.1, 0.15) is 38.8 Å². The van der Waals surface area contributed by atoms with Crippen LogP contribution < -0.4 is 0 Å². The predicted octanol–water partition coefficient (Wildman–Crippen LogP) is 2.20. The van der Waals surface area contributed by atoms with E-state index in [9.17, 15) is 22.3 Å². The Morgan fingerprint density at radius 2 is 1.90 bits per heavy atom. The summed E-state index contributed by atoms with van der Waals surface area (Å²) in [5, 5.41) is 9.80. The Morgan fingerprint density at radius 3 is 2.48 bits per heavy atom. The first-order valence-corrected chi connectivity index (χ1v) is 8.12. The van der Waals surface area contributed by atoms with E-state index in [4.69, 9.17) is 0 Å². The Kier molecular flexibility index (Phi) is 4.12. The Morgan fingerprint density at radius 1 is 1.29 bits per heavy atom. The third-order valence-electron chi connectivity index (χ3n) is 3.63. The van der Waals surface area contributed by atoms with Crippen molar-refractivity contribution in [1.29, 1.82) is 0 Å². The van der Waals surface area contributed by atoms with Crippen molar-refractivity contribution in [3.8, 4) is 0 Å². The fraction of sp³-hybridized carbons (Fsp3) is 0.571.